The zero-order valence-corrected chi connectivity index (χ0v) is 10.4. The van der Waals surface area contributed by atoms with Crippen molar-refractivity contribution in [2.45, 2.75) is 6.04 Å². The maximum Gasteiger partial charge on any atom is 0.149 e. The fourth-order valence-corrected chi connectivity index (χ4v) is 2.64. The first-order valence-corrected chi connectivity index (χ1v) is 6.81. The van der Waals surface area contributed by atoms with Crippen LogP contribution in [0.1, 0.15) is 11.7 Å². The van der Waals surface area contributed by atoms with Gasteiger partial charge in [-0.3, -0.25) is 4.68 Å². The average Bonchev–Trinajstić information content (AvgIpc) is 2.41. The maximum atomic E-state index is 11.2. The molecule has 0 aromatic carbocycles. The molecule has 0 fully saturated rings. The highest BCUT2D eigenvalue weighted by molar-refractivity contribution is 7.90. The molecule has 0 spiro atoms. The van der Waals surface area contributed by atoms with Crippen LogP contribution in [0.15, 0.2) is 6.20 Å². The Kier molecular flexibility index (Phi) is 3.75. The number of hydrogen-bond acceptors (Lipinski definition) is 4. The number of halogens is 1. The van der Waals surface area contributed by atoms with Gasteiger partial charge in [0.25, 0.3) is 0 Å². The molecule has 5 nitrogen and oxygen atoms in total. The molecule has 86 valence electrons. The summed E-state index contributed by atoms with van der Waals surface area (Å²) in [6.45, 7) is 0. The van der Waals surface area contributed by atoms with E-state index >= 15 is 0 Å². The molecular weight excluding hydrogens is 238 g/mol. The summed E-state index contributed by atoms with van der Waals surface area (Å²) in [5.41, 5.74) is 0.685. The molecule has 0 amide bonds. The zero-order valence-electron chi connectivity index (χ0n) is 8.86. The van der Waals surface area contributed by atoms with E-state index in [-0.39, 0.29) is 11.8 Å². The number of aryl methyl sites for hydroxylation is 1. The lowest BCUT2D eigenvalue weighted by atomic mass is 10.2. The first-order valence-electron chi connectivity index (χ1n) is 4.37. The Morgan fingerprint density at radius 3 is 2.60 bits per heavy atom. The smallest absolute Gasteiger partial charge is 0.149 e. The third-order valence-corrected chi connectivity index (χ3v) is 3.32. The van der Waals surface area contributed by atoms with Crippen LogP contribution in [-0.2, 0) is 16.9 Å². The number of sulfone groups is 1. The second-order valence-electron chi connectivity index (χ2n) is 3.44. The molecule has 0 aliphatic heterocycles. The molecule has 0 bridgehead atoms. The Bertz CT molecular complexity index is 421. The molecule has 7 heteroatoms. The van der Waals surface area contributed by atoms with Gasteiger partial charge in [-0.1, -0.05) is 11.6 Å². The van der Waals surface area contributed by atoms with Crippen LogP contribution in [0, 0.1) is 0 Å². The molecule has 1 atom stereocenters. The van der Waals surface area contributed by atoms with Gasteiger partial charge in [0.1, 0.15) is 9.84 Å². The lowest BCUT2D eigenvalue weighted by molar-refractivity contribution is 0.555. The second-order valence-corrected chi connectivity index (χ2v) is 6.03. The summed E-state index contributed by atoms with van der Waals surface area (Å²) in [5, 5.41) is 7.36. The normalized spacial score (nSPS) is 14.1. The number of aromatic nitrogens is 2. The largest absolute Gasteiger partial charge is 0.311 e. The molecule has 1 rings (SSSR count). The summed E-state index contributed by atoms with van der Waals surface area (Å²) in [7, 11) is 0.366. The summed E-state index contributed by atoms with van der Waals surface area (Å²) in [5.74, 6) is 0.00273. The van der Waals surface area contributed by atoms with Crippen molar-refractivity contribution in [2.75, 3.05) is 19.1 Å². The van der Waals surface area contributed by atoms with E-state index in [1.807, 2.05) is 0 Å². The molecule has 1 N–H and O–H groups in total. The van der Waals surface area contributed by atoms with Crippen molar-refractivity contribution in [3.8, 4) is 0 Å². The van der Waals surface area contributed by atoms with Crippen molar-refractivity contribution >= 4 is 21.4 Å². The van der Waals surface area contributed by atoms with Crippen LogP contribution in [0.2, 0.25) is 5.02 Å². The SMILES string of the molecule is CNC(CS(C)(=O)=O)c1c(Cl)cnn1C. The van der Waals surface area contributed by atoms with Crippen LogP contribution in [-0.4, -0.2) is 37.3 Å². The Balaban J connectivity index is 3.03. The predicted octanol–water partition coefficient (Wildman–Crippen LogP) is 0.379. The minimum absolute atomic E-state index is 0.00273. The van der Waals surface area contributed by atoms with Crippen molar-refractivity contribution in [3.63, 3.8) is 0 Å². The highest BCUT2D eigenvalue weighted by Gasteiger charge is 2.21. The number of nitrogens with one attached hydrogen (secondary N) is 1. The van der Waals surface area contributed by atoms with Gasteiger partial charge >= 0.3 is 0 Å². The first-order chi connectivity index (χ1) is 6.85. The molecule has 1 aromatic heterocycles. The van der Waals surface area contributed by atoms with Crippen LogP contribution in [0.5, 0.6) is 0 Å². The van der Waals surface area contributed by atoms with E-state index in [1.165, 1.54) is 12.5 Å². The van der Waals surface area contributed by atoms with Gasteiger partial charge < -0.3 is 5.32 Å². The van der Waals surface area contributed by atoms with Crippen LogP contribution >= 0.6 is 11.6 Å². The number of hydrogen-bond donors (Lipinski definition) is 1. The topological polar surface area (TPSA) is 64.0 Å². The van der Waals surface area contributed by atoms with Crippen molar-refractivity contribution in [2.24, 2.45) is 7.05 Å². The van der Waals surface area contributed by atoms with E-state index < -0.39 is 9.84 Å². The fraction of sp³-hybridized carbons (Fsp3) is 0.625. The summed E-state index contributed by atoms with van der Waals surface area (Å²) < 4.78 is 24.0. The Morgan fingerprint density at radius 1 is 1.67 bits per heavy atom. The minimum Gasteiger partial charge on any atom is -0.311 e. The van der Waals surface area contributed by atoms with Crippen LogP contribution in [0.3, 0.4) is 0 Å². The molecule has 15 heavy (non-hydrogen) atoms. The highest BCUT2D eigenvalue weighted by atomic mass is 35.5. The Morgan fingerprint density at radius 2 is 2.27 bits per heavy atom. The lowest BCUT2D eigenvalue weighted by Gasteiger charge is -2.15. The quantitative estimate of drug-likeness (QED) is 0.840. The van der Waals surface area contributed by atoms with Crippen LogP contribution in [0.4, 0.5) is 0 Å². The third kappa shape index (κ3) is 3.19. The monoisotopic (exact) mass is 251 g/mol. The number of nitrogens with zero attached hydrogens (tertiary/aromatic N) is 2. The minimum atomic E-state index is -3.06. The van der Waals surface area contributed by atoms with Gasteiger partial charge in [0.2, 0.25) is 0 Å². The van der Waals surface area contributed by atoms with Gasteiger partial charge in [0, 0.05) is 13.3 Å². The van der Waals surface area contributed by atoms with Crippen molar-refractivity contribution < 1.29 is 8.42 Å². The molecular formula is C8H14ClN3O2S. The van der Waals surface area contributed by atoms with E-state index in [1.54, 1.807) is 18.8 Å². The highest BCUT2D eigenvalue weighted by Crippen LogP contribution is 2.22. The van der Waals surface area contributed by atoms with Gasteiger partial charge in [0.05, 0.1) is 28.7 Å². The Labute approximate surface area is 94.3 Å². The van der Waals surface area contributed by atoms with Gasteiger partial charge in [-0.15, -0.1) is 0 Å². The molecule has 1 aromatic rings. The van der Waals surface area contributed by atoms with Crippen molar-refractivity contribution in [1.29, 1.82) is 0 Å². The summed E-state index contributed by atoms with van der Waals surface area (Å²) in [6.07, 6.45) is 2.70. The van der Waals surface area contributed by atoms with Gasteiger partial charge in [-0.2, -0.15) is 5.10 Å². The third-order valence-electron chi connectivity index (χ3n) is 2.09. The summed E-state index contributed by atoms with van der Waals surface area (Å²) >= 11 is 5.93. The molecule has 1 heterocycles. The van der Waals surface area contributed by atoms with Crippen LogP contribution in [0.25, 0.3) is 0 Å². The molecule has 0 radical (unpaired) electrons. The maximum absolute atomic E-state index is 11.2. The van der Waals surface area contributed by atoms with Crippen LogP contribution < -0.4 is 5.32 Å². The van der Waals surface area contributed by atoms with E-state index in [0.717, 1.165) is 0 Å². The second kappa shape index (κ2) is 4.51. The van der Waals surface area contributed by atoms with E-state index in [9.17, 15) is 8.42 Å². The van der Waals surface area contributed by atoms with Gasteiger partial charge in [-0.25, -0.2) is 8.42 Å². The molecule has 0 saturated heterocycles. The first kappa shape index (κ1) is 12.5. The van der Waals surface area contributed by atoms with E-state index in [0.29, 0.717) is 10.7 Å². The Hall–Kier alpha value is -0.590. The molecule has 0 saturated carbocycles. The zero-order chi connectivity index (χ0) is 11.6. The average molecular weight is 252 g/mol. The summed E-state index contributed by atoms with van der Waals surface area (Å²) in [4.78, 5) is 0. The van der Waals surface area contributed by atoms with Crippen molar-refractivity contribution in [1.82, 2.24) is 15.1 Å². The molecule has 0 aliphatic carbocycles. The van der Waals surface area contributed by atoms with E-state index in [2.05, 4.69) is 10.4 Å². The fourth-order valence-electron chi connectivity index (χ4n) is 1.41. The van der Waals surface area contributed by atoms with Gasteiger partial charge in [-0.05, 0) is 7.05 Å². The van der Waals surface area contributed by atoms with E-state index in [4.69, 9.17) is 11.6 Å². The molecule has 1 unspecified atom stereocenters. The predicted molar refractivity (Wildman–Crippen MR) is 59.7 cm³/mol. The molecule has 0 aliphatic rings. The standard InChI is InChI=1S/C8H14ClN3O2S/c1-10-7(5-15(3,13)14)8-6(9)4-11-12(8)2/h4,7,10H,5H2,1-3H3. The van der Waals surface area contributed by atoms with Gasteiger partial charge in [0.15, 0.2) is 0 Å². The van der Waals surface area contributed by atoms with Crippen molar-refractivity contribution in [3.05, 3.63) is 16.9 Å². The lowest BCUT2D eigenvalue weighted by Crippen LogP contribution is -2.26. The number of rotatable bonds is 4. The summed E-state index contributed by atoms with van der Waals surface area (Å²) in [6, 6.07) is -0.333.